The summed E-state index contributed by atoms with van der Waals surface area (Å²) in [7, 11) is 0. The second kappa shape index (κ2) is 4.61. The van der Waals surface area contributed by atoms with Crippen LogP contribution in [-0.4, -0.2) is 11.4 Å². The monoisotopic (exact) mass is 263 g/mol. The van der Waals surface area contributed by atoms with E-state index >= 15 is 0 Å². The summed E-state index contributed by atoms with van der Waals surface area (Å²) in [5.74, 6) is 0. The smallest absolute Gasteiger partial charge is 0.209 e. The molecule has 0 radical (unpaired) electrons. The van der Waals surface area contributed by atoms with Crippen molar-refractivity contribution in [1.29, 1.82) is 0 Å². The van der Waals surface area contributed by atoms with Gasteiger partial charge >= 0.3 is 0 Å². The van der Waals surface area contributed by atoms with Crippen LogP contribution in [0.1, 0.15) is 13.8 Å². The van der Waals surface area contributed by atoms with Crippen LogP contribution < -0.4 is 17.0 Å². The predicted molar refractivity (Wildman–Crippen MR) is 59.3 cm³/mol. The van der Waals surface area contributed by atoms with E-state index in [0.29, 0.717) is 0 Å². The van der Waals surface area contributed by atoms with Crippen molar-refractivity contribution < 1.29 is 17.0 Å². The SMILES string of the molecule is C=CC1=CN2CC(C)=C(C)[C+]=C2C=C1.[Br-]. The van der Waals surface area contributed by atoms with Crippen molar-refractivity contribution in [2.75, 3.05) is 6.54 Å². The molecule has 0 saturated heterocycles. The van der Waals surface area contributed by atoms with E-state index in [1.165, 1.54) is 11.1 Å². The van der Waals surface area contributed by atoms with Crippen LogP contribution in [0.25, 0.3) is 0 Å². The molecule has 2 aliphatic heterocycles. The standard InChI is InChI=1S/C13H14N.BrH/c1-4-12-5-6-13-7-10(2)11(3)8-14(13)9-12;/h4-6,9H,1,8H2,2-3H3;1H/q+1;/p-1. The Labute approximate surface area is 102 Å². The van der Waals surface area contributed by atoms with E-state index in [9.17, 15) is 0 Å². The third-order valence-corrected chi connectivity index (χ3v) is 2.65. The van der Waals surface area contributed by atoms with Crippen molar-refractivity contribution in [3.8, 4) is 0 Å². The molecule has 0 fully saturated rings. The van der Waals surface area contributed by atoms with Crippen LogP contribution in [0, 0.1) is 6.08 Å². The molecule has 0 aromatic carbocycles. The van der Waals surface area contributed by atoms with Gasteiger partial charge in [0, 0.05) is 30.3 Å². The van der Waals surface area contributed by atoms with Gasteiger partial charge in [0.2, 0.25) is 5.70 Å². The molecule has 2 rings (SSSR count). The Morgan fingerprint density at radius 2 is 2.13 bits per heavy atom. The average Bonchev–Trinajstić information content (AvgIpc) is 2.19. The number of rotatable bonds is 1. The highest BCUT2D eigenvalue weighted by Crippen LogP contribution is 2.24. The number of nitrogens with zero attached hydrogens (tertiary/aromatic N) is 1. The van der Waals surface area contributed by atoms with Gasteiger partial charge in [0.25, 0.3) is 0 Å². The van der Waals surface area contributed by atoms with Crippen LogP contribution in [0.15, 0.2) is 53.4 Å². The van der Waals surface area contributed by atoms with Crippen LogP contribution in [0.5, 0.6) is 0 Å². The van der Waals surface area contributed by atoms with E-state index in [1.54, 1.807) is 0 Å². The van der Waals surface area contributed by atoms with Crippen molar-refractivity contribution in [3.63, 3.8) is 0 Å². The molecule has 0 saturated carbocycles. The zero-order valence-electron chi connectivity index (χ0n) is 9.05. The first-order chi connectivity index (χ1) is 6.70. The van der Waals surface area contributed by atoms with Gasteiger partial charge in [0.15, 0.2) is 0 Å². The van der Waals surface area contributed by atoms with E-state index in [2.05, 4.69) is 49.8 Å². The summed E-state index contributed by atoms with van der Waals surface area (Å²) in [5, 5.41) is 0. The molecule has 2 heteroatoms. The molecule has 0 spiro atoms. The van der Waals surface area contributed by atoms with Crippen LogP contribution in [0.3, 0.4) is 0 Å². The highest BCUT2D eigenvalue weighted by molar-refractivity contribution is 5.43. The third kappa shape index (κ3) is 2.28. The van der Waals surface area contributed by atoms with Crippen molar-refractivity contribution in [3.05, 3.63) is 59.5 Å². The minimum atomic E-state index is 0. The fourth-order valence-corrected chi connectivity index (χ4v) is 1.60. The van der Waals surface area contributed by atoms with E-state index in [-0.39, 0.29) is 17.0 Å². The highest BCUT2D eigenvalue weighted by atomic mass is 79.9. The van der Waals surface area contributed by atoms with Crippen molar-refractivity contribution in [2.24, 2.45) is 0 Å². The lowest BCUT2D eigenvalue weighted by atomic mass is 10.0. The second-order valence-corrected chi connectivity index (χ2v) is 3.71. The first-order valence-corrected chi connectivity index (χ1v) is 4.80. The Kier molecular flexibility index (Phi) is 3.67. The quantitative estimate of drug-likeness (QED) is 0.601. The van der Waals surface area contributed by atoms with Crippen molar-refractivity contribution in [1.82, 2.24) is 4.90 Å². The summed E-state index contributed by atoms with van der Waals surface area (Å²) >= 11 is 0. The largest absolute Gasteiger partial charge is 1.00 e. The maximum Gasteiger partial charge on any atom is 0.209 e. The summed E-state index contributed by atoms with van der Waals surface area (Å²) in [6, 6.07) is 0. The summed E-state index contributed by atoms with van der Waals surface area (Å²) in [6.07, 6.45) is 11.5. The molecule has 2 aliphatic rings. The first kappa shape index (κ1) is 12.0. The summed E-state index contributed by atoms with van der Waals surface area (Å²) in [5.41, 5.74) is 4.95. The maximum atomic E-state index is 3.77. The van der Waals surface area contributed by atoms with Gasteiger partial charge in [0.1, 0.15) is 5.57 Å². The highest BCUT2D eigenvalue weighted by Gasteiger charge is 2.23. The molecule has 0 aromatic rings. The Bertz CT molecular complexity index is 397. The number of halogens is 1. The van der Waals surface area contributed by atoms with Crippen LogP contribution in [0.4, 0.5) is 0 Å². The Hall–Kier alpha value is -1.11. The van der Waals surface area contributed by atoms with E-state index in [0.717, 1.165) is 17.8 Å². The van der Waals surface area contributed by atoms with Gasteiger partial charge in [-0.2, -0.15) is 0 Å². The fourth-order valence-electron chi connectivity index (χ4n) is 1.60. The second-order valence-electron chi connectivity index (χ2n) is 3.71. The van der Waals surface area contributed by atoms with Crippen molar-refractivity contribution >= 4 is 0 Å². The van der Waals surface area contributed by atoms with Gasteiger partial charge in [-0.25, -0.2) is 0 Å². The molecule has 1 nitrogen and oxygen atoms in total. The molecule has 15 heavy (non-hydrogen) atoms. The Morgan fingerprint density at radius 3 is 2.80 bits per heavy atom. The number of hydrogen-bond donors (Lipinski definition) is 0. The molecular formula is C13H14BrN. The van der Waals surface area contributed by atoms with Crippen LogP contribution in [-0.2, 0) is 0 Å². The van der Waals surface area contributed by atoms with Gasteiger partial charge in [-0.1, -0.05) is 12.7 Å². The zero-order chi connectivity index (χ0) is 10.1. The minimum Gasteiger partial charge on any atom is -1.00 e. The molecule has 0 bridgehead atoms. The van der Waals surface area contributed by atoms with Gasteiger partial charge < -0.3 is 21.9 Å². The number of hydrogen-bond acceptors (Lipinski definition) is 1. The third-order valence-electron chi connectivity index (χ3n) is 2.65. The number of fused-ring (bicyclic) bond motifs is 1. The molecule has 2 heterocycles. The lowest BCUT2D eigenvalue weighted by Crippen LogP contribution is -3.00. The summed E-state index contributed by atoms with van der Waals surface area (Å²) < 4.78 is 0. The lowest BCUT2D eigenvalue weighted by Gasteiger charge is -2.22. The van der Waals surface area contributed by atoms with Gasteiger partial charge in [-0.3, -0.25) is 0 Å². The minimum absolute atomic E-state index is 0. The van der Waals surface area contributed by atoms with Crippen LogP contribution >= 0.6 is 0 Å². The predicted octanol–water partition coefficient (Wildman–Crippen LogP) is -0.0308. The van der Waals surface area contributed by atoms with E-state index in [1.807, 2.05) is 6.08 Å². The topological polar surface area (TPSA) is 3.24 Å². The maximum absolute atomic E-state index is 3.77. The molecule has 0 atom stereocenters. The molecule has 0 aromatic heterocycles. The lowest BCUT2D eigenvalue weighted by molar-refractivity contribution is -0.00000293. The van der Waals surface area contributed by atoms with Gasteiger partial charge in [0.05, 0.1) is 18.7 Å². The normalized spacial score (nSPS) is 18.4. The van der Waals surface area contributed by atoms with Crippen LogP contribution in [0.2, 0.25) is 0 Å². The molecule has 78 valence electrons. The molecule has 0 N–H and O–H groups in total. The van der Waals surface area contributed by atoms with E-state index in [4.69, 9.17) is 0 Å². The van der Waals surface area contributed by atoms with Gasteiger partial charge in [-0.05, 0) is 6.92 Å². The average molecular weight is 264 g/mol. The Balaban J connectivity index is 0.00000112. The Morgan fingerprint density at radius 1 is 1.40 bits per heavy atom. The molecule has 0 aliphatic carbocycles. The summed E-state index contributed by atoms with van der Waals surface area (Å²) in [6.45, 7) is 9.00. The summed E-state index contributed by atoms with van der Waals surface area (Å²) in [4.78, 5) is 2.21. The molecule has 0 amide bonds. The molecule has 0 unspecified atom stereocenters. The zero-order valence-corrected chi connectivity index (χ0v) is 10.6. The number of allylic oxidation sites excluding steroid dienone is 6. The fraction of sp³-hybridized carbons (Fsp3) is 0.231. The van der Waals surface area contributed by atoms with Crippen molar-refractivity contribution in [2.45, 2.75) is 13.8 Å². The van der Waals surface area contributed by atoms with Gasteiger partial charge in [-0.15, -0.1) is 0 Å². The molecular weight excluding hydrogens is 250 g/mol. The first-order valence-electron chi connectivity index (χ1n) is 4.80. The van der Waals surface area contributed by atoms with E-state index < -0.39 is 0 Å².